The van der Waals surface area contributed by atoms with Gasteiger partial charge in [-0.1, -0.05) is 23.9 Å². The Kier molecular flexibility index (Phi) is 7.54. The second kappa shape index (κ2) is 10.3. The van der Waals surface area contributed by atoms with Crippen LogP contribution in [0.4, 0.5) is 0 Å². The van der Waals surface area contributed by atoms with Crippen molar-refractivity contribution >= 4 is 50.8 Å². The first-order chi connectivity index (χ1) is 14.1. The summed E-state index contributed by atoms with van der Waals surface area (Å²) in [7, 11) is 0. The summed E-state index contributed by atoms with van der Waals surface area (Å²) >= 11 is 4.81. The quantitative estimate of drug-likeness (QED) is 0.272. The first kappa shape index (κ1) is 21.2. The first-order valence-electron chi connectivity index (χ1n) is 9.09. The number of para-hydroxylation sites is 2. The van der Waals surface area contributed by atoms with E-state index in [-0.39, 0.29) is 11.7 Å². The summed E-state index contributed by atoms with van der Waals surface area (Å²) in [5.41, 5.74) is 5.12. The van der Waals surface area contributed by atoms with Crippen molar-refractivity contribution < 1.29 is 14.3 Å². The van der Waals surface area contributed by atoms with Gasteiger partial charge < -0.3 is 14.5 Å². The van der Waals surface area contributed by atoms with Crippen LogP contribution in [-0.4, -0.2) is 41.1 Å². The number of hydrogen-bond donors (Lipinski definition) is 2. The van der Waals surface area contributed by atoms with Crippen LogP contribution in [0.3, 0.4) is 0 Å². The van der Waals surface area contributed by atoms with Crippen molar-refractivity contribution in [3.63, 3.8) is 0 Å². The lowest BCUT2D eigenvalue weighted by Crippen LogP contribution is -2.19. The smallest absolute Gasteiger partial charge is 0.250 e. The third kappa shape index (κ3) is 5.74. The molecule has 0 atom stereocenters. The molecule has 0 saturated carbocycles. The molecule has 152 valence electrons. The van der Waals surface area contributed by atoms with Crippen LogP contribution in [0.2, 0.25) is 0 Å². The van der Waals surface area contributed by atoms with Crippen LogP contribution in [0, 0.1) is 0 Å². The van der Waals surface area contributed by atoms with Crippen molar-refractivity contribution in [1.82, 2.24) is 15.4 Å². The number of H-pyrrole nitrogens is 1. The molecule has 0 spiro atoms. The zero-order chi connectivity index (χ0) is 20.6. The van der Waals surface area contributed by atoms with Crippen LogP contribution < -0.4 is 14.9 Å². The van der Waals surface area contributed by atoms with Crippen molar-refractivity contribution in [2.45, 2.75) is 19.0 Å². The maximum absolute atomic E-state index is 12.1. The highest BCUT2D eigenvalue weighted by Crippen LogP contribution is 2.36. The van der Waals surface area contributed by atoms with E-state index < -0.39 is 0 Å². The summed E-state index contributed by atoms with van der Waals surface area (Å²) in [6, 6.07) is 11.4. The Labute approximate surface area is 181 Å². The van der Waals surface area contributed by atoms with E-state index in [1.165, 1.54) is 11.8 Å². The van der Waals surface area contributed by atoms with Gasteiger partial charge in [-0.2, -0.15) is 5.10 Å². The largest absolute Gasteiger partial charge is 0.490 e. The Morgan fingerprint density at radius 2 is 2.07 bits per heavy atom. The number of aromatic nitrogens is 2. The summed E-state index contributed by atoms with van der Waals surface area (Å²) in [4.78, 5) is 19.7. The van der Waals surface area contributed by atoms with Gasteiger partial charge in [0, 0.05) is 0 Å². The lowest BCUT2D eigenvalue weighted by Gasteiger charge is -2.13. The number of hydrazone groups is 1. The molecular weight excluding hydrogens is 456 g/mol. The minimum atomic E-state index is -0.221. The van der Waals surface area contributed by atoms with Crippen LogP contribution in [0.15, 0.2) is 51.1 Å². The van der Waals surface area contributed by atoms with Crippen molar-refractivity contribution in [3.05, 3.63) is 46.4 Å². The van der Waals surface area contributed by atoms with Gasteiger partial charge >= 0.3 is 0 Å². The molecule has 0 radical (unpaired) electrons. The number of thioether (sulfide) groups is 1. The Morgan fingerprint density at radius 3 is 2.83 bits per heavy atom. The van der Waals surface area contributed by atoms with Gasteiger partial charge in [0.05, 0.1) is 40.7 Å². The molecule has 0 aliphatic heterocycles. The Morgan fingerprint density at radius 1 is 1.28 bits per heavy atom. The van der Waals surface area contributed by atoms with E-state index in [0.717, 1.165) is 21.1 Å². The Hall–Kier alpha value is -2.52. The van der Waals surface area contributed by atoms with E-state index in [1.807, 2.05) is 50.2 Å². The van der Waals surface area contributed by atoms with Crippen molar-refractivity contribution in [3.8, 4) is 11.5 Å². The van der Waals surface area contributed by atoms with Crippen LogP contribution >= 0.6 is 27.7 Å². The number of carbonyl (C=O) groups excluding carboxylic acids is 1. The number of fused-ring (bicyclic) bond motifs is 1. The van der Waals surface area contributed by atoms with E-state index in [4.69, 9.17) is 9.47 Å². The zero-order valence-corrected chi connectivity index (χ0v) is 18.5. The van der Waals surface area contributed by atoms with Gasteiger partial charge in [-0.05, 0) is 59.6 Å². The number of ether oxygens (including phenoxy) is 2. The average molecular weight is 477 g/mol. The second-order valence-electron chi connectivity index (χ2n) is 5.84. The lowest BCUT2D eigenvalue weighted by molar-refractivity contribution is -0.118. The van der Waals surface area contributed by atoms with E-state index in [9.17, 15) is 4.79 Å². The fourth-order valence-electron chi connectivity index (χ4n) is 2.55. The molecule has 9 heteroatoms. The van der Waals surface area contributed by atoms with E-state index in [2.05, 4.69) is 36.4 Å². The van der Waals surface area contributed by atoms with Gasteiger partial charge in [-0.25, -0.2) is 10.4 Å². The number of hydrogen-bond acceptors (Lipinski definition) is 6. The topological polar surface area (TPSA) is 88.6 Å². The second-order valence-corrected chi connectivity index (χ2v) is 7.66. The summed E-state index contributed by atoms with van der Waals surface area (Å²) in [6.45, 7) is 4.87. The summed E-state index contributed by atoms with van der Waals surface area (Å²) in [5, 5.41) is 4.73. The number of halogens is 1. The number of nitrogens with one attached hydrogen (secondary N) is 2. The highest BCUT2D eigenvalue weighted by Gasteiger charge is 2.11. The average Bonchev–Trinajstić information content (AvgIpc) is 3.12. The predicted octanol–water partition coefficient (Wildman–Crippen LogP) is 4.37. The van der Waals surface area contributed by atoms with E-state index >= 15 is 0 Å². The monoisotopic (exact) mass is 476 g/mol. The summed E-state index contributed by atoms with van der Waals surface area (Å²) in [6.07, 6.45) is 1.56. The number of rotatable bonds is 9. The third-order valence-electron chi connectivity index (χ3n) is 3.73. The summed E-state index contributed by atoms with van der Waals surface area (Å²) < 4.78 is 12.0. The number of benzene rings is 2. The van der Waals surface area contributed by atoms with Crippen LogP contribution in [0.5, 0.6) is 11.5 Å². The highest BCUT2D eigenvalue weighted by molar-refractivity contribution is 9.10. The van der Waals surface area contributed by atoms with Crippen LogP contribution in [0.1, 0.15) is 19.4 Å². The van der Waals surface area contributed by atoms with Crippen molar-refractivity contribution in [1.29, 1.82) is 0 Å². The molecule has 2 N–H and O–H groups in total. The van der Waals surface area contributed by atoms with Gasteiger partial charge in [0.15, 0.2) is 16.7 Å². The van der Waals surface area contributed by atoms with E-state index in [0.29, 0.717) is 29.9 Å². The third-order valence-corrected chi connectivity index (χ3v) is 5.19. The number of carbonyl (C=O) groups is 1. The predicted molar refractivity (Wildman–Crippen MR) is 119 cm³/mol. The molecule has 7 nitrogen and oxygen atoms in total. The van der Waals surface area contributed by atoms with Crippen LogP contribution in [-0.2, 0) is 4.79 Å². The van der Waals surface area contributed by atoms with Crippen molar-refractivity contribution in [2.24, 2.45) is 5.10 Å². The van der Waals surface area contributed by atoms with Crippen molar-refractivity contribution in [2.75, 3.05) is 19.0 Å². The molecule has 3 rings (SSSR count). The van der Waals surface area contributed by atoms with Gasteiger partial charge in [-0.15, -0.1) is 0 Å². The molecule has 1 aromatic heterocycles. The molecule has 0 saturated heterocycles. The SMILES string of the molecule is CCOc1cc(/C=N\NC(=O)CSc2nc3ccccc3[nH]2)cc(Br)c1OCC. The van der Waals surface area contributed by atoms with Gasteiger partial charge in [0.1, 0.15) is 0 Å². The number of nitrogens with zero attached hydrogens (tertiary/aromatic N) is 2. The molecule has 2 aromatic carbocycles. The molecule has 1 heterocycles. The summed E-state index contributed by atoms with van der Waals surface area (Å²) in [5.74, 6) is 1.25. The first-order valence-corrected chi connectivity index (χ1v) is 10.9. The number of amides is 1. The molecule has 1 amide bonds. The Bertz CT molecular complexity index is 989. The number of aromatic amines is 1. The molecule has 0 aliphatic carbocycles. The standard InChI is InChI=1S/C20H21BrN4O3S/c1-3-27-17-10-13(9-14(21)19(17)28-4-2)11-22-25-18(26)12-29-20-23-15-7-5-6-8-16(15)24-20/h5-11H,3-4,12H2,1-2H3,(H,23,24)(H,25,26)/b22-11-. The maximum atomic E-state index is 12.1. The number of imidazole rings is 1. The minimum absolute atomic E-state index is 0.203. The molecule has 29 heavy (non-hydrogen) atoms. The molecule has 0 bridgehead atoms. The lowest BCUT2D eigenvalue weighted by atomic mass is 10.2. The maximum Gasteiger partial charge on any atom is 0.250 e. The Balaban J connectivity index is 1.57. The molecule has 3 aromatic rings. The molecular formula is C20H21BrN4O3S. The normalized spacial score (nSPS) is 11.1. The van der Waals surface area contributed by atoms with Gasteiger partial charge in [0.25, 0.3) is 5.91 Å². The fraction of sp³-hybridized carbons (Fsp3) is 0.250. The van der Waals surface area contributed by atoms with E-state index in [1.54, 1.807) is 6.21 Å². The van der Waals surface area contributed by atoms with Gasteiger partial charge in [-0.3, -0.25) is 4.79 Å². The molecule has 0 fully saturated rings. The van der Waals surface area contributed by atoms with Crippen LogP contribution in [0.25, 0.3) is 11.0 Å². The van der Waals surface area contributed by atoms with Gasteiger partial charge in [0.2, 0.25) is 0 Å². The zero-order valence-electron chi connectivity index (χ0n) is 16.1. The molecule has 0 unspecified atom stereocenters. The fourth-order valence-corrected chi connectivity index (χ4v) is 3.80. The highest BCUT2D eigenvalue weighted by atomic mass is 79.9. The minimum Gasteiger partial charge on any atom is -0.490 e. The molecule has 0 aliphatic rings.